The lowest BCUT2D eigenvalue weighted by Gasteiger charge is -2.56. The van der Waals surface area contributed by atoms with Crippen molar-refractivity contribution in [2.75, 3.05) is 13.7 Å². The summed E-state index contributed by atoms with van der Waals surface area (Å²) in [6.07, 6.45) is 9.94. The maximum absolute atomic E-state index is 12.5. The topological polar surface area (TPSA) is 50.7 Å². The number of carbonyl (C=O) groups is 1. The first-order valence-corrected chi connectivity index (χ1v) is 9.11. The molecule has 1 amide bonds. The zero-order valence-electron chi connectivity index (χ0n) is 14.3. The van der Waals surface area contributed by atoms with Crippen LogP contribution in [0.4, 0.5) is 0 Å². The fraction of sp³-hybridized carbons (Fsp3) is 0.600. The van der Waals surface area contributed by atoms with Gasteiger partial charge in [-0.3, -0.25) is 4.79 Å². The fourth-order valence-corrected chi connectivity index (χ4v) is 5.71. The van der Waals surface area contributed by atoms with Gasteiger partial charge in [-0.25, -0.2) is 0 Å². The zero-order chi connectivity index (χ0) is 16.6. The van der Waals surface area contributed by atoms with Gasteiger partial charge in [0.1, 0.15) is 7.11 Å². The summed E-state index contributed by atoms with van der Waals surface area (Å²) in [4.78, 5) is 17.2. The van der Waals surface area contributed by atoms with Crippen molar-refractivity contribution in [3.8, 4) is 0 Å². The van der Waals surface area contributed by atoms with E-state index in [-0.39, 0.29) is 5.91 Å². The summed E-state index contributed by atoms with van der Waals surface area (Å²) >= 11 is 0. The van der Waals surface area contributed by atoms with E-state index in [4.69, 9.17) is 0 Å². The molecule has 0 heterocycles. The van der Waals surface area contributed by atoms with Gasteiger partial charge in [0.25, 0.3) is 5.91 Å². The molecule has 24 heavy (non-hydrogen) atoms. The van der Waals surface area contributed by atoms with Gasteiger partial charge in [-0.1, -0.05) is 17.3 Å². The number of oxime groups is 1. The molecule has 1 N–H and O–H groups in total. The molecule has 4 saturated carbocycles. The number of amides is 1. The van der Waals surface area contributed by atoms with Crippen LogP contribution in [0.5, 0.6) is 0 Å². The summed E-state index contributed by atoms with van der Waals surface area (Å²) in [7, 11) is 1.52. The number of hydrogen-bond acceptors (Lipinski definition) is 3. The van der Waals surface area contributed by atoms with E-state index in [0.29, 0.717) is 11.0 Å². The second-order valence-electron chi connectivity index (χ2n) is 8.14. The molecule has 0 unspecified atom stereocenters. The van der Waals surface area contributed by atoms with E-state index in [9.17, 15) is 4.79 Å². The molecule has 0 atom stereocenters. The van der Waals surface area contributed by atoms with E-state index in [0.717, 1.165) is 29.9 Å². The van der Waals surface area contributed by atoms with Gasteiger partial charge >= 0.3 is 0 Å². The van der Waals surface area contributed by atoms with E-state index in [1.165, 1.54) is 45.6 Å². The molecular formula is C20H26N2O2. The normalized spacial score (nSPS) is 33.8. The summed E-state index contributed by atoms with van der Waals surface area (Å²) in [5.74, 6) is 2.81. The van der Waals surface area contributed by atoms with Crippen LogP contribution in [0.2, 0.25) is 0 Å². The Hall–Kier alpha value is -1.84. The fourth-order valence-electron chi connectivity index (χ4n) is 5.71. The van der Waals surface area contributed by atoms with Crippen molar-refractivity contribution in [2.45, 2.75) is 38.5 Å². The Morgan fingerprint density at radius 3 is 2.29 bits per heavy atom. The van der Waals surface area contributed by atoms with Gasteiger partial charge < -0.3 is 10.2 Å². The molecule has 4 aliphatic rings. The minimum atomic E-state index is 0.0426. The summed E-state index contributed by atoms with van der Waals surface area (Å²) in [6.45, 7) is 0.849. The molecule has 4 aliphatic carbocycles. The lowest BCUT2D eigenvalue weighted by atomic mass is 9.49. The van der Waals surface area contributed by atoms with Crippen molar-refractivity contribution in [1.82, 2.24) is 5.32 Å². The van der Waals surface area contributed by atoms with E-state index in [1.807, 2.05) is 24.3 Å². The molecule has 0 saturated heterocycles. The number of carbonyl (C=O) groups excluding carboxylic acids is 1. The van der Waals surface area contributed by atoms with Gasteiger partial charge in [0.05, 0.1) is 6.21 Å². The molecule has 4 bridgehead atoms. The second-order valence-corrected chi connectivity index (χ2v) is 8.14. The van der Waals surface area contributed by atoms with Crippen LogP contribution in [0.1, 0.15) is 54.4 Å². The number of nitrogens with one attached hydrogen (secondary N) is 1. The average Bonchev–Trinajstić information content (AvgIpc) is 2.57. The predicted molar refractivity (Wildman–Crippen MR) is 94.0 cm³/mol. The van der Waals surface area contributed by atoms with Crippen molar-refractivity contribution in [2.24, 2.45) is 28.3 Å². The van der Waals surface area contributed by atoms with Crippen molar-refractivity contribution < 1.29 is 9.63 Å². The van der Waals surface area contributed by atoms with E-state index >= 15 is 0 Å². The minimum Gasteiger partial charge on any atom is -0.399 e. The Labute approximate surface area is 143 Å². The van der Waals surface area contributed by atoms with Gasteiger partial charge in [-0.05, 0) is 79.4 Å². The van der Waals surface area contributed by atoms with Crippen LogP contribution < -0.4 is 5.32 Å². The lowest BCUT2D eigenvalue weighted by molar-refractivity contribution is -0.0503. The van der Waals surface area contributed by atoms with Crippen LogP contribution in [0, 0.1) is 23.2 Å². The molecule has 0 aliphatic heterocycles. The number of nitrogens with zero attached hydrogens (tertiary/aromatic N) is 1. The highest BCUT2D eigenvalue weighted by Crippen LogP contribution is 2.59. The Kier molecular flexibility index (Phi) is 4.07. The third-order valence-corrected chi connectivity index (χ3v) is 6.27. The van der Waals surface area contributed by atoms with Gasteiger partial charge in [-0.2, -0.15) is 0 Å². The van der Waals surface area contributed by atoms with Gasteiger partial charge in [0.2, 0.25) is 0 Å². The third-order valence-electron chi connectivity index (χ3n) is 6.27. The van der Waals surface area contributed by atoms with Crippen LogP contribution in [0.25, 0.3) is 0 Å². The van der Waals surface area contributed by atoms with E-state index < -0.39 is 0 Å². The average molecular weight is 326 g/mol. The molecular weight excluding hydrogens is 300 g/mol. The first kappa shape index (κ1) is 15.7. The number of rotatable bonds is 5. The maximum Gasteiger partial charge on any atom is 0.251 e. The van der Waals surface area contributed by atoms with Crippen molar-refractivity contribution in [3.63, 3.8) is 0 Å². The first-order valence-electron chi connectivity index (χ1n) is 9.11. The molecule has 5 rings (SSSR count). The molecule has 0 radical (unpaired) electrons. The van der Waals surface area contributed by atoms with Crippen LogP contribution in [0.3, 0.4) is 0 Å². The molecule has 128 valence electrons. The molecule has 4 heteroatoms. The Bertz CT molecular complexity index is 600. The van der Waals surface area contributed by atoms with Crippen LogP contribution >= 0.6 is 0 Å². The molecule has 0 spiro atoms. The standard InChI is InChI=1S/C20H26N2O2/c1-24-22-12-14-2-4-18(5-3-14)19(23)21-13-20-9-15-6-16(10-20)8-17(7-15)11-20/h2-5,12,15-17H,6-11,13H2,1H3,(H,21,23)/b22-12+. The highest BCUT2D eigenvalue weighted by molar-refractivity contribution is 5.95. The molecule has 1 aromatic rings. The molecule has 4 fully saturated rings. The smallest absolute Gasteiger partial charge is 0.251 e. The number of benzene rings is 1. The van der Waals surface area contributed by atoms with E-state index in [1.54, 1.807) is 6.21 Å². The Balaban J connectivity index is 1.37. The van der Waals surface area contributed by atoms with Gasteiger partial charge in [0, 0.05) is 12.1 Å². The predicted octanol–water partition coefficient (Wildman–Crippen LogP) is 3.61. The van der Waals surface area contributed by atoms with E-state index in [2.05, 4.69) is 15.3 Å². The molecule has 0 aromatic heterocycles. The lowest BCUT2D eigenvalue weighted by Crippen LogP contribution is -2.51. The second kappa shape index (κ2) is 6.23. The summed E-state index contributed by atoms with van der Waals surface area (Å²) in [5.41, 5.74) is 2.03. The van der Waals surface area contributed by atoms with Crippen molar-refractivity contribution in [1.29, 1.82) is 0 Å². The van der Waals surface area contributed by atoms with Gasteiger partial charge in [-0.15, -0.1) is 0 Å². The zero-order valence-corrected chi connectivity index (χ0v) is 14.3. The van der Waals surface area contributed by atoms with Crippen LogP contribution in [-0.2, 0) is 4.84 Å². The Morgan fingerprint density at radius 1 is 1.17 bits per heavy atom. The maximum atomic E-state index is 12.5. The summed E-state index contributed by atoms with van der Waals surface area (Å²) in [5, 5.41) is 6.95. The highest BCUT2D eigenvalue weighted by Gasteiger charge is 2.50. The van der Waals surface area contributed by atoms with Crippen molar-refractivity contribution >= 4 is 12.1 Å². The monoisotopic (exact) mass is 326 g/mol. The first-order chi connectivity index (χ1) is 11.7. The SMILES string of the molecule is CO/N=C/c1ccc(C(=O)NCC23CC4CC(CC(C4)C2)C3)cc1. The molecule has 4 nitrogen and oxygen atoms in total. The third kappa shape index (κ3) is 3.06. The molecule has 1 aromatic carbocycles. The quantitative estimate of drug-likeness (QED) is 0.664. The Morgan fingerprint density at radius 2 is 1.75 bits per heavy atom. The van der Waals surface area contributed by atoms with Gasteiger partial charge in [0.15, 0.2) is 0 Å². The highest BCUT2D eigenvalue weighted by atomic mass is 16.6. The van der Waals surface area contributed by atoms with Crippen LogP contribution in [0.15, 0.2) is 29.4 Å². The van der Waals surface area contributed by atoms with Crippen LogP contribution in [-0.4, -0.2) is 25.8 Å². The van der Waals surface area contributed by atoms with Crippen molar-refractivity contribution in [3.05, 3.63) is 35.4 Å². The summed E-state index contributed by atoms with van der Waals surface area (Å²) < 4.78 is 0. The minimum absolute atomic E-state index is 0.0426. The number of hydrogen-bond donors (Lipinski definition) is 1. The largest absolute Gasteiger partial charge is 0.399 e. The summed E-state index contributed by atoms with van der Waals surface area (Å²) in [6, 6.07) is 7.49.